The molecule has 0 bridgehead atoms. The van der Waals surface area contributed by atoms with Crippen molar-refractivity contribution in [3.8, 4) is 0 Å². The molecule has 0 aromatic carbocycles. The van der Waals surface area contributed by atoms with Crippen molar-refractivity contribution in [3.63, 3.8) is 0 Å². The molecule has 8 heterocycles. The molecule has 42 heavy (non-hydrogen) atoms. The van der Waals surface area contributed by atoms with Gasteiger partial charge in [0.15, 0.2) is 11.3 Å². The first kappa shape index (κ1) is 24.6. The Morgan fingerprint density at radius 2 is 1.74 bits per heavy atom. The molecule has 0 aliphatic carbocycles. The maximum atomic E-state index is 6.33. The van der Waals surface area contributed by atoms with Crippen LogP contribution in [0.4, 0.5) is 11.8 Å². The molecule has 3 atom stereocenters. The van der Waals surface area contributed by atoms with Crippen LogP contribution in [0.5, 0.6) is 0 Å². The van der Waals surface area contributed by atoms with Gasteiger partial charge in [0.05, 0.1) is 24.4 Å². The van der Waals surface area contributed by atoms with Gasteiger partial charge in [0.1, 0.15) is 23.1 Å². The van der Waals surface area contributed by atoms with E-state index in [1.54, 1.807) is 73.3 Å². The van der Waals surface area contributed by atoms with Gasteiger partial charge in [-0.15, -0.1) is 22.7 Å². The van der Waals surface area contributed by atoms with Crippen molar-refractivity contribution in [1.82, 2.24) is 34.9 Å². The number of aromatic amines is 1. The Hall–Kier alpha value is -5.14. The molecule has 8 rings (SSSR count). The van der Waals surface area contributed by atoms with Gasteiger partial charge in [0, 0.05) is 47.4 Å². The topological polar surface area (TPSA) is 126 Å². The van der Waals surface area contributed by atoms with Crippen LogP contribution in [0.25, 0.3) is 0 Å². The predicted octanol–water partition coefficient (Wildman–Crippen LogP) is 5.61. The number of thiophene rings is 1. The lowest BCUT2D eigenvalue weighted by Gasteiger charge is -2.43. The predicted molar refractivity (Wildman–Crippen MR) is 156 cm³/mol. The lowest BCUT2D eigenvalue weighted by Crippen LogP contribution is -2.57. The van der Waals surface area contributed by atoms with Crippen LogP contribution in [0.1, 0.15) is 33.3 Å². The van der Waals surface area contributed by atoms with Gasteiger partial charge < -0.3 is 18.7 Å². The Morgan fingerprint density at radius 3 is 2.40 bits per heavy atom. The van der Waals surface area contributed by atoms with E-state index in [0.29, 0.717) is 23.3 Å². The van der Waals surface area contributed by atoms with Crippen LogP contribution >= 0.6 is 22.7 Å². The summed E-state index contributed by atoms with van der Waals surface area (Å²) in [5, 5.41) is 4.78. The lowest BCUT2D eigenvalue weighted by atomic mass is 9.85. The molecule has 7 aromatic rings. The maximum absolute atomic E-state index is 6.33. The fourth-order valence-electron chi connectivity index (χ4n) is 6.02. The number of oxazole rings is 1. The van der Waals surface area contributed by atoms with E-state index in [-0.39, 0.29) is 0 Å². The van der Waals surface area contributed by atoms with E-state index < -0.39 is 17.2 Å². The van der Waals surface area contributed by atoms with Crippen molar-refractivity contribution in [2.24, 2.45) is 0 Å². The zero-order valence-electron chi connectivity index (χ0n) is 21.8. The highest BCUT2D eigenvalue weighted by Gasteiger charge is 2.74. The number of rotatable bonds is 7. The normalized spacial score (nSPS) is 22.1. The number of nitrogens with one attached hydrogen (secondary N) is 1. The molecule has 0 saturated carbocycles. The molecule has 11 nitrogen and oxygen atoms in total. The summed E-state index contributed by atoms with van der Waals surface area (Å²) in [6.45, 7) is 0. The first-order chi connectivity index (χ1) is 20.9. The summed E-state index contributed by atoms with van der Waals surface area (Å²) in [6, 6.07) is 13.2. The number of hydrogen-bond donors (Lipinski definition) is 1. The minimum absolute atomic E-state index is 0.350. The molecule has 13 heteroatoms. The average molecular weight is 592 g/mol. The number of aromatic nitrogens is 7. The van der Waals surface area contributed by atoms with Crippen molar-refractivity contribution >= 4 is 34.4 Å². The smallest absolute Gasteiger partial charge is 0.256 e. The van der Waals surface area contributed by atoms with E-state index >= 15 is 0 Å². The Morgan fingerprint density at radius 1 is 0.786 bits per heavy atom. The zero-order valence-corrected chi connectivity index (χ0v) is 23.4. The molecule has 1 fully saturated rings. The van der Waals surface area contributed by atoms with Crippen LogP contribution in [0.2, 0.25) is 0 Å². The molecule has 7 aromatic heterocycles. The standard InChI is InChI=1S/C29H21N9O2S2/c1-7-23(32-8-1)37-24(20-5-3-17-41-20)28(26-34-14-18-42-26,21-19-30-11-12-31-21)38(27-35-9-4-10-36-27)29(37,22-6-2-15-39-22)25-33-13-16-40-25/h1-19,24,32H. The quantitative estimate of drug-likeness (QED) is 0.250. The molecule has 3 unspecified atom stereocenters. The average Bonchev–Trinajstić information content (AvgIpc) is 3.89. The van der Waals surface area contributed by atoms with Crippen LogP contribution in [0.3, 0.4) is 0 Å². The van der Waals surface area contributed by atoms with Crippen molar-refractivity contribution in [1.29, 1.82) is 0 Å². The van der Waals surface area contributed by atoms with Crippen LogP contribution in [-0.4, -0.2) is 34.9 Å². The Bertz CT molecular complexity index is 1810. The minimum Gasteiger partial charge on any atom is -0.464 e. The molecule has 0 radical (unpaired) electrons. The largest absolute Gasteiger partial charge is 0.464 e. The third-order valence-corrected chi connectivity index (χ3v) is 9.21. The molecule has 0 spiro atoms. The summed E-state index contributed by atoms with van der Waals surface area (Å²) >= 11 is 3.15. The second-order valence-electron chi connectivity index (χ2n) is 9.41. The maximum Gasteiger partial charge on any atom is 0.256 e. The summed E-state index contributed by atoms with van der Waals surface area (Å²) in [6.07, 6.45) is 17.1. The number of nitrogens with zero attached hydrogens (tertiary/aromatic N) is 8. The third kappa shape index (κ3) is 3.31. The highest BCUT2D eigenvalue weighted by molar-refractivity contribution is 7.10. The van der Waals surface area contributed by atoms with E-state index in [0.717, 1.165) is 15.7 Å². The number of furan rings is 1. The highest BCUT2D eigenvalue weighted by atomic mass is 32.1. The van der Waals surface area contributed by atoms with Gasteiger partial charge in [-0.25, -0.2) is 19.9 Å². The molecular formula is C29H21N9O2S2. The SMILES string of the molecule is c1cnc(N2C(c3cnccn3)(c3nccs3)C(c3cccs3)N(c3ccc[nH]3)C2(c2ccco2)c2ncco2)nc1. The summed E-state index contributed by atoms with van der Waals surface area (Å²) in [5.41, 5.74) is -1.90. The van der Waals surface area contributed by atoms with Crippen molar-refractivity contribution in [2.45, 2.75) is 17.2 Å². The van der Waals surface area contributed by atoms with Crippen molar-refractivity contribution < 1.29 is 8.83 Å². The number of hydrogen-bond acceptors (Lipinski definition) is 12. The van der Waals surface area contributed by atoms with E-state index in [9.17, 15) is 0 Å². The van der Waals surface area contributed by atoms with Crippen LogP contribution in [0.15, 0.2) is 124 Å². The van der Waals surface area contributed by atoms with Crippen molar-refractivity contribution in [3.05, 3.63) is 143 Å². The minimum atomic E-state index is -1.38. The number of anilines is 2. The monoisotopic (exact) mass is 591 g/mol. The summed E-state index contributed by atoms with van der Waals surface area (Å²) in [5.74, 6) is 2.06. The van der Waals surface area contributed by atoms with E-state index in [1.807, 2.05) is 41.9 Å². The lowest BCUT2D eigenvalue weighted by molar-refractivity contribution is 0.303. The van der Waals surface area contributed by atoms with Gasteiger partial charge in [0.2, 0.25) is 11.8 Å². The fraction of sp³-hybridized carbons (Fsp3) is 0.103. The van der Waals surface area contributed by atoms with Crippen LogP contribution < -0.4 is 9.80 Å². The van der Waals surface area contributed by atoms with E-state index in [4.69, 9.17) is 33.8 Å². The molecule has 206 valence electrons. The van der Waals surface area contributed by atoms with Gasteiger partial charge in [0.25, 0.3) is 5.66 Å². The number of H-pyrrole nitrogens is 1. The highest BCUT2D eigenvalue weighted by Crippen LogP contribution is 2.65. The first-order valence-corrected chi connectivity index (χ1v) is 14.8. The molecule has 1 aliphatic heterocycles. The molecule has 1 aliphatic rings. The molecule has 1 N–H and O–H groups in total. The first-order valence-electron chi connectivity index (χ1n) is 13.0. The van der Waals surface area contributed by atoms with Crippen LogP contribution in [-0.2, 0) is 11.2 Å². The van der Waals surface area contributed by atoms with Gasteiger partial charge >= 0.3 is 0 Å². The molecular weight excluding hydrogens is 571 g/mol. The second kappa shape index (κ2) is 9.75. The Labute approximate surface area is 247 Å². The van der Waals surface area contributed by atoms with E-state index in [2.05, 4.69) is 31.2 Å². The Balaban J connectivity index is 1.64. The summed E-state index contributed by atoms with van der Waals surface area (Å²) < 4.78 is 12.6. The van der Waals surface area contributed by atoms with Crippen molar-refractivity contribution in [2.75, 3.05) is 9.80 Å². The van der Waals surface area contributed by atoms with Gasteiger partial charge in [-0.1, -0.05) is 6.07 Å². The number of thiazole rings is 1. The summed E-state index contributed by atoms with van der Waals surface area (Å²) in [7, 11) is 0. The van der Waals surface area contributed by atoms with Gasteiger partial charge in [-0.05, 0) is 41.8 Å². The van der Waals surface area contributed by atoms with Gasteiger partial charge in [-0.2, -0.15) is 0 Å². The second-order valence-corrected chi connectivity index (χ2v) is 11.3. The summed E-state index contributed by atoms with van der Waals surface area (Å²) in [4.78, 5) is 37.7. The molecule has 0 amide bonds. The van der Waals surface area contributed by atoms with E-state index in [1.165, 1.54) is 11.3 Å². The van der Waals surface area contributed by atoms with Crippen LogP contribution in [0, 0.1) is 0 Å². The van der Waals surface area contributed by atoms with Gasteiger partial charge in [-0.3, -0.25) is 14.9 Å². The Kier molecular flexibility index (Phi) is 5.72. The molecule has 1 saturated heterocycles. The zero-order chi connectivity index (χ0) is 28.0. The third-order valence-electron chi connectivity index (χ3n) is 7.39. The fourth-order valence-corrected chi connectivity index (χ4v) is 7.76.